The second kappa shape index (κ2) is 5.01. The number of aryl methyl sites for hydroxylation is 1. The zero-order valence-electron chi connectivity index (χ0n) is 9.01. The maximum atomic E-state index is 12.1. The van der Waals surface area contributed by atoms with Gasteiger partial charge in [0, 0.05) is 12.1 Å². The van der Waals surface area contributed by atoms with Crippen LogP contribution in [-0.4, -0.2) is 11.3 Å². The molecular formula is C10H10F3N3O. The molecule has 0 atom stereocenters. The molecule has 17 heavy (non-hydrogen) atoms. The molecule has 0 radical (unpaired) electrons. The Labute approximate surface area is 95.8 Å². The minimum absolute atomic E-state index is 0.0483. The highest BCUT2D eigenvalue weighted by Crippen LogP contribution is 2.25. The third kappa shape index (κ3) is 3.60. The van der Waals surface area contributed by atoms with Gasteiger partial charge in [-0.05, 0) is 18.6 Å². The van der Waals surface area contributed by atoms with Crippen molar-refractivity contribution in [3.05, 3.63) is 22.9 Å². The fourth-order valence-corrected chi connectivity index (χ4v) is 1.32. The zero-order valence-corrected chi connectivity index (χ0v) is 9.01. The van der Waals surface area contributed by atoms with Crippen molar-refractivity contribution in [2.45, 2.75) is 26.3 Å². The van der Waals surface area contributed by atoms with Gasteiger partial charge in [0.1, 0.15) is 0 Å². The molecule has 7 heteroatoms. The van der Waals surface area contributed by atoms with Crippen LogP contribution in [0.15, 0.2) is 6.07 Å². The van der Waals surface area contributed by atoms with Gasteiger partial charge in [-0.15, -0.1) is 13.2 Å². The summed E-state index contributed by atoms with van der Waals surface area (Å²) in [5, 5.41) is 8.56. The first-order valence-corrected chi connectivity index (χ1v) is 4.69. The number of halogens is 3. The van der Waals surface area contributed by atoms with Crippen LogP contribution in [0.5, 0.6) is 5.88 Å². The summed E-state index contributed by atoms with van der Waals surface area (Å²) in [6.07, 6.45) is -4.74. The molecule has 0 spiro atoms. The Kier molecular flexibility index (Phi) is 3.91. The highest BCUT2D eigenvalue weighted by atomic mass is 19.4. The summed E-state index contributed by atoms with van der Waals surface area (Å²) in [5.41, 5.74) is 6.32. The number of hydrogen-bond donors (Lipinski definition) is 1. The van der Waals surface area contributed by atoms with Crippen LogP contribution in [0.25, 0.3) is 0 Å². The van der Waals surface area contributed by atoms with E-state index in [-0.39, 0.29) is 24.2 Å². The van der Waals surface area contributed by atoms with Crippen LogP contribution in [0.4, 0.5) is 13.2 Å². The Balaban J connectivity index is 3.14. The highest BCUT2D eigenvalue weighted by molar-refractivity contribution is 5.35. The molecule has 4 nitrogen and oxygen atoms in total. The van der Waals surface area contributed by atoms with Gasteiger partial charge in [-0.2, -0.15) is 5.26 Å². The average Bonchev–Trinajstić information content (AvgIpc) is 2.20. The summed E-state index contributed by atoms with van der Waals surface area (Å²) < 4.78 is 39.9. The number of aromatic nitrogens is 1. The second-order valence-electron chi connectivity index (χ2n) is 3.30. The smallest absolute Gasteiger partial charge is 0.388 e. The van der Waals surface area contributed by atoms with Crippen LogP contribution in [0.2, 0.25) is 0 Å². The fourth-order valence-electron chi connectivity index (χ4n) is 1.32. The summed E-state index contributed by atoms with van der Waals surface area (Å²) in [5.74, 6) is -0.528. The van der Waals surface area contributed by atoms with Crippen molar-refractivity contribution in [2.24, 2.45) is 5.73 Å². The predicted molar refractivity (Wildman–Crippen MR) is 52.9 cm³/mol. The van der Waals surface area contributed by atoms with E-state index in [1.165, 1.54) is 13.0 Å². The number of nitriles is 1. The first kappa shape index (κ1) is 13.3. The second-order valence-corrected chi connectivity index (χ2v) is 3.30. The van der Waals surface area contributed by atoms with E-state index in [0.717, 1.165) is 0 Å². The molecule has 0 unspecified atom stereocenters. The Hall–Kier alpha value is -1.81. The molecule has 1 rings (SSSR count). The summed E-state index contributed by atoms with van der Waals surface area (Å²) in [7, 11) is 0. The van der Waals surface area contributed by atoms with Crippen molar-refractivity contribution < 1.29 is 17.9 Å². The van der Waals surface area contributed by atoms with Crippen LogP contribution < -0.4 is 10.5 Å². The Morgan fingerprint density at radius 3 is 2.65 bits per heavy atom. The molecule has 0 saturated heterocycles. The van der Waals surface area contributed by atoms with Gasteiger partial charge in [-0.1, -0.05) is 0 Å². The quantitative estimate of drug-likeness (QED) is 0.881. The summed E-state index contributed by atoms with van der Waals surface area (Å²) in [4.78, 5) is 3.68. The molecule has 0 amide bonds. The van der Waals surface area contributed by atoms with E-state index in [4.69, 9.17) is 11.0 Å². The molecule has 0 fully saturated rings. The molecule has 0 bridgehead atoms. The van der Waals surface area contributed by atoms with Crippen molar-refractivity contribution in [3.8, 4) is 11.9 Å². The zero-order chi connectivity index (χ0) is 13.1. The summed E-state index contributed by atoms with van der Waals surface area (Å²) >= 11 is 0. The first-order valence-electron chi connectivity index (χ1n) is 4.69. The molecular weight excluding hydrogens is 235 g/mol. The maximum absolute atomic E-state index is 12.1. The molecule has 1 aromatic rings. The van der Waals surface area contributed by atoms with Crippen LogP contribution in [0.3, 0.4) is 0 Å². The third-order valence-electron chi connectivity index (χ3n) is 2.01. The number of pyridine rings is 1. The molecule has 2 N–H and O–H groups in total. The van der Waals surface area contributed by atoms with E-state index in [2.05, 4.69) is 9.72 Å². The molecule has 0 aliphatic rings. The van der Waals surface area contributed by atoms with Gasteiger partial charge in [0.15, 0.2) is 0 Å². The van der Waals surface area contributed by atoms with Gasteiger partial charge in [0.05, 0.1) is 18.2 Å². The Morgan fingerprint density at radius 2 is 2.18 bits per heavy atom. The van der Waals surface area contributed by atoms with Gasteiger partial charge in [0.2, 0.25) is 5.88 Å². The molecule has 0 saturated carbocycles. The van der Waals surface area contributed by atoms with E-state index in [1.54, 1.807) is 0 Å². The van der Waals surface area contributed by atoms with Gasteiger partial charge < -0.3 is 10.5 Å². The lowest BCUT2D eigenvalue weighted by Gasteiger charge is -2.13. The van der Waals surface area contributed by atoms with Crippen LogP contribution in [-0.2, 0) is 13.0 Å². The number of nitrogens with two attached hydrogens (primary N) is 1. The van der Waals surface area contributed by atoms with Crippen LogP contribution in [0.1, 0.15) is 16.8 Å². The number of nitrogens with zero attached hydrogens (tertiary/aromatic N) is 2. The highest BCUT2D eigenvalue weighted by Gasteiger charge is 2.32. The summed E-state index contributed by atoms with van der Waals surface area (Å²) in [6, 6.07) is 3.33. The average molecular weight is 245 g/mol. The van der Waals surface area contributed by atoms with E-state index in [1.807, 2.05) is 6.07 Å². The largest absolute Gasteiger partial charge is 0.574 e. The van der Waals surface area contributed by atoms with Crippen molar-refractivity contribution in [2.75, 3.05) is 0 Å². The Bertz CT molecular complexity index is 451. The molecule has 1 heterocycles. The Morgan fingerprint density at radius 1 is 1.53 bits per heavy atom. The van der Waals surface area contributed by atoms with Crippen LogP contribution in [0, 0.1) is 18.3 Å². The molecule has 0 aliphatic carbocycles. The van der Waals surface area contributed by atoms with E-state index in [0.29, 0.717) is 5.56 Å². The van der Waals surface area contributed by atoms with E-state index < -0.39 is 12.2 Å². The maximum Gasteiger partial charge on any atom is 0.574 e. The number of hydrogen-bond acceptors (Lipinski definition) is 4. The molecule has 92 valence electrons. The van der Waals surface area contributed by atoms with Gasteiger partial charge >= 0.3 is 6.36 Å². The number of alkyl halides is 3. The summed E-state index contributed by atoms with van der Waals surface area (Å²) in [6.45, 7) is 1.38. The van der Waals surface area contributed by atoms with Crippen molar-refractivity contribution in [3.63, 3.8) is 0 Å². The van der Waals surface area contributed by atoms with Crippen LogP contribution >= 0.6 is 0 Å². The lowest BCUT2D eigenvalue weighted by atomic mass is 10.1. The lowest BCUT2D eigenvalue weighted by Crippen LogP contribution is -2.19. The van der Waals surface area contributed by atoms with Gasteiger partial charge in [-0.25, -0.2) is 4.98 Å². The van der Waals surface area contributed by atoms with Crippen molar-refractivity contribution in [1.29, 1.82) is 5.26 Å². The SMILES string of the molecule is Cc1cc(CC#N)c(CN)nc1OC(F)(F)F. The predicted octanol–water partition coefficient (Wildman–Crippen LogP) is 1.81. The van der Waals surface area contributed by atoms with Crippen molar-refractivity contribution >= 4 is 0 Å². The minimum atomic E-state index is -4.79. The van der Waals surface area contributed by atoms with E-state index >= 15 is 0 Å². The first-order chi connectivity index (χ1) is 7.87. The molecule has 0 aromatic carbocycles. The molecule has 0 aliphatic heterocycles. The lowest BCUT2D eigenvalue weighted by molar-refractivity contribution is -0.276. The van der Waals surface area contributed by atoms with Gasteiger partial charge in [0.25, 0.3) is 0 Å². The van der Waals surface area contributed by atoms with Crippen molar-refractivity contribution in [1.82, 2.24) is 4.98 Å². The fraction of sp³-hybridized carbons (Fsp3) is 0.400. The molecule has 1 aromatic heterocycles. The number of rotatable bonds is 3. The minimum Gasteiger partial charge on any atom is -0.388 e. The monoisotopic (exact) mass is 245 g/mol. The van der Waals surface area contributed by atoms with Gasteiger partial charge in [-0.3, -0.25) is 0 Å². The standard InChI is InChI=1S/C10H10F3N3O/c1-6-4-7(2-3-14)8(5-15)16-9(6)17-10(11,12)13/h4H,2,5,15H2,1H3. The topological polar surface area (TPSA) is 71.9 Å². The third-order valence-corrected chi connectivity index (χ3v) is 2.01. The normalized spacial score (nSPS) is 11.1. The number of ether oxygens (including phenoxy) is 1. The van der Waals surface area contributed by atoms with E-state index in [9.17, 15) is 13.2 Å².